The molecule has 0 bridgehead atoms. The molecule has 4 heterocycles. The first-order valence-corrected chi connectivity index (χ1v) is 19.5. The zero-order chi connectivity index (χ0) is 38.4. The molecule has 0 saturated heterocycles. The van der Waals surface area contributed by atoms with Gasteiger partial charge in [0.15, 0.2) is 0 Å². The lowest BCUT2D eigenvalue weighted by molar-refractivity contribution is 0.585. The topological polar surface area (TPSA) is 25.2 Å². The van der Waals surface area contributed by atoms with Gasteiger partial charge in [-0.1, -0.05) is 97.5 Å². The van der Waals surface area contributed by atoms with Crippen LogP contribution in [-0.4, -0.2) is 17.2 Å². The molecule has 7 aromatic rings. The molecule has 3 aromatic heterocycles. The highest BCUT2D eigenvalue weighted by Gasteiger charge is 2.22. The van der Waals surface area contributed by atoms with Crippen LogP contribution in [0.15, 0.2) is 114 Å². The normalized spacial score (nSPS) is 12.7. The summed E-state index contributed by atoms with van der Waals surface area (Å²) in [5.74, 6) is -2.20. The highest BCUT2D eigenvalue weighted by Crippen LogP contribution is 2.40. The Balaban J connectivity index is 0.000000184. The van der Waals surface area contributed by atoms with E-state index in [2.05, 4.69) is 95.1 Å². The summed E-state index contributed by atoms with van der Waals surface area (Å²) in [6.45, 7) is 13.9. The first-order chi connectivity index (χ1) is 25.7. The van der Waals surface area contributed by atoms with Crippen LogP contribution in [0.1, 0.15) is 76.1 Å². The Hall–Kier alpha value is -4.92. The van der Waals surface area contributed by atoms with E-state index in [1.165, 1.54) is 51.6 Å². The van der Waals surface area contributed by atoms with Gasteiger partial charge in [0.1, 0.15) is 23.3 Å². The fourth-order valence-electron chi connectivity index (χ4n) is 6.51. The van der Waals surface area contributed by atoms with Gasteiger partial charge in [0.05, 0.1) is 11.4 Å². The van der Waals surface area contributed by atoms with Crippen LogP contribution < -0.4 is 0 Å². The lowest BCUT2D eigenvalue weighted by Gasteiger charge is -2.20. The number of thiophene rings is 2. The Morgan fingerprint density at radius 2 is 1.09 bits per heavy atom. The maximum atomic E-state index is 14.2. The Labute approximate surface area is 329 Å². The Morgan fingerprint density at radius 1 is 0.564 bits per heavy atom. The van der Waals surface area contributed by atoms with Crippen LogP contribution in [-0.2, 0) is 17.3 Å². The number of pyridine rings is 1. The van der Waals surface area contributed by atoms with Gasteiger partial charge in [0.2, 0.25) is 0 Å². The zero-order valence-corrected chi connectivity index (χ0v) is 32.7. The van der Waals surface area contributed by atoms with Gasteiger partial charge >= 0.3 is 0 Å². The van der Waals surface area contributed by atoms with Gasteiger partial charge < -0.3 is 0 Å². The van der Waals surface area contributed by atoms with Crippen LogP contribution in [0.3, 0.4) is 0 Å². The quantitative estimate of drug-likeness (QED) is 0.163. The van der Waals surface area contributed by atoms with Crippen molar-refractivity contribution in [3.63, 3.8) is 0 Å². The number of hydrogen-bond acceptors (Lipinski definition) is 4. The van der Waals surface area contributed by atoms with Crippen molar-refractivity contribution in [2.75, 3.05) is 6.54 Å². The molecule has 0 atom stereocenters. The van der Waals surface area contributed by atoms with Gasteiger partial charge in [-0.2, -0.15) is 0 Å². The number of aromatic nitrogens is 1. The molecule has 0 radical (unpaired) electrons. The van der Waals surface area contributed by atoms with Gasteiger partial charge in [0.25, 0.3) is 0 Å². The predicted molar refractivity (Wildman–Crippen MR) is 225 cm³/mol. The van der Waals surface area contributed by atoms with Crippen molar-refractivity contribution in [1.82, 2.24) is 4.98 Å². The number of fused-ring (bicyclic) bond motifs is 2. The van der Waals surface area contributed by atoms with E-state index >= 15 is 0 Å². The highest BCUT2D eigenvalue weighted by molar-refractivity contribution is 7.22. The molecule has 0 aliphatic carbocycles. The minimum Gasteiger partial charge on any atom is -0.284 e. The maximum Gasteiger partial charge on any atom is 0.134 e. The summed E-state index contributed by atoms with van der Waals surface area (Å²) in [5, 5.41) is 0.977. The van der Waals surface area contributed by atoms with E-state index in [1.54, 1.807) is 17.5 Å². The number of aliphatic imine (C=N–C) groups is 1. The van der Waals surface area contributed by atoms with Crippen LogP contribution in [0.5, 0.6) is 0 Å². The fourth-order valence-corrected chi connectivity index (χ4v) is 8.77. The molecule has 8 rings (SSSR count). The van der Waals surface area contributed by atoms with Gasteiger partial charge in [-0.3, -0.25) is 9.98 Å². The number of halogens is 4. The monoisotopic (exact) mass is 776 g/mol. The van der Waals surface area contributed by atoms with Crippen molar-refractivity contribution in [3.8, 4) is 32.1 Å². The zero-order valence-electron chi connectivity index (χ0n) is 31.0. The summed E-state index contributed by atoms with van der Waals surface area (Å²) in [4.78, 5) is 12.1. The van der Waals surface area contributed by atoms with Crippen LogP contribution in [0.25, 0.3) is 42.2 Å². The van der Waals surface area contributed by atoms with Gasteiger partial charge in [-0.05, 0) is 64.4 Å². The van der Waals surface area contributed by atoms with E-state index in [0.717, 1.165) is 73.0 Å². The number of benzene rings is 4. The summed E-state index contributed by atoms with van der Waals surface area (Å²) in [6, 6.07) is 30.3. The van der Waals surface area contributed by atoms with E-state index in [4.69, 9.17) is 4.99 Å². The molecule has 0 fully saturated rings. The van der Waals surface area contributed by atoms with Crippen LogP contribution in [0.4, 0.5) is 17.6 Å². The molecule has 55 heavy (non-hydrogen) atoms. The van der Waals surface area contributed by atoms with Gasteiger partial charge in [-0.15, -0.1) is 22.7 Å². The lowest BCUT2D eigenvalue weighted by Crippen LogP contribution is -2.14. The van der Waals surface area contributed by atoms with E-state index in [-0.39, 0.29) is 18.3 Å². The smallest absolute Gasteiger partial charge is 0.134 e. The van der Waals surface area contributed by atoms with Crippen molar-refractivity contribution >= 4 is 38.5 Å². The van der Waals surface area contributed by atoms with E-state index in [9.17, 15) is 17.6 Å². The first-order valence-electron chi connectivity index (χ1n) is 17.8. The number of hydrogen-bond donors (Lipinski definition) is 0. The average molecular weight is 777 g/mol. The minimum atomic E-state index is -0.571. The van der Waals surface area contributed by atoms with E-state index in [0.29, 0.717) is 11.1 Å². The Morgan fingerprint density at radius 3 is 1.62 bits per heavy atom. The minimum absolute atomic E-state index is 0. The van der Waals surface area contributed by atoms with Crippen molar-refractivity contribution in [3.05, 3.63) is 160 Å². The third kappa shape index (κ3) is 8.51. The second kappa shape index (κ2) is 15.7. The molecule has 8 heteroatoms. The summed E-state index contributed by atoms with van der Waals surface area (Å²) >= 11 is 3.06. The molecular weight excluding hydrogens is 733 g/mol. The number of rotatable bonds is 4. The summed E-state index contributed by atoms with van der Waals surface area (Å²) in [7, 11) is 0. The summed E-state index contributed by atoms with van der Waals surface area (Å²) in [5.41, 5.74) is 8.59. The molecule has 282 valence electrons. The fraction of sp³-hybridized carbons (Fsp3) is 0.234. The van der Waals surface area contributed by atoms with Gasteiger partial charge in [-0.25, -0.2) is 17.6 Å². The van der Waals surface area contributed by atoms with E-state index in [1.807, 2.05) is 18.2 Å². The molecule has 0 amide bonds. The molecule has 1 aliphatic rings. The molecule has 4 aromatic carbocycles. The Kier molecular flexibility index (Phi) is 11.3. The Bertz CT molecular complexity index is 2500. The first kappa shape index (κ1) is 39.8. The molecule has 0 spiro atoms. The van der Waals surface area contributed by atoms with E-state index < -0.39 is 23.3 Å². The molecule has 0 saturated carbocycles. The van der Waals surface area contributed by atoms with Crippen molar-refractivity contribution < 1.29 is 17.6 Å². The second-order valence-corrected chi connectivity index (χ2v) is 17.7. The average Bonchev–Trinajstić information content (AvgIpc) is 3.76. The lowest BCUT2D eigenvalue weighted by atomic mass is 9.86. The SMILES string of the molecule is C.CC(C)(C)c1ccc(-c2nccc3sc(-c4ccc(F)cc4F)cc23)cc1.CC(C)(C)c1ccc(C2=NCCc3sc(-c4ccc(F)cc4F)cc32)cc1. The third-order valence-corrected chi connectivity index (χ3v) is 11.9. The van der Waals surface area contributed by atoms with Crippen LogP contribution in [0, 0.1) is 23.3 Å². The van der Waals surface area contributed by atoms with Crippen molar-refractivity contribution in [1.29, 1.82) is 0 Å². The molecule has 0 N–H and O–H groups in total. The predicted octanol–water partition coefficient (Wildman–Crippen LogP) is 14.2. The van der Waals surface area contributed by atoms with Crippen LogP contribution in [0.2, 0.25) is 0 Å². The van der Waals surface area contributed by atoms with Crippen molar-refractivity contribution in [2.45, 2.75) is 66.2 Å². The van der Waals surface area contributed by atoms with Gasteiger partial charge in [0, 0.05) is 83.8 Å². The number of nitrogens with zero attached hydrogens (tertiary/aromatic N) is 2. The maximum absolute atomic E-state index is 14.2. The van der Waals surface area contributed by atoms with Crippen molar-refractivity contribution in [2.24, 2.45) is 4.99 Å². The standard InChI is InChI=1S/C23H21F2NS.C23H19F2NS.CH4/c2*1-23(2,3)15-6-4-14(5-7-15)22-18-13-21(27-20(18)10-11-26-22)17-9-8-16(24)12-19(17)25;/h4-9,12-13H,10-11H2,1-3H3;4-13H,1-3H3;1H4. The molecular formula is C47H44F4N2S2. The summed E-state index contributed by atoms with van der Waals surface area (Å²) in [6.07, 6.45) is 2.63. The van der Waals surface area contributed by atoms with Crippen LogP contribution >= 0.6 is 22.7 Å². The largest absolute Gasteiger partial charge is 0.284 e. The molecule has 0 unspecified atom stereocenters. The molecule has 2 nitrogen and oxygen atoms in total. The highest BCUT2D eigenvalue weighted by atomic mass is 32.1. The molecule has 1 aliphatic heterocycles. The second-order valence-electron chi connectivity index (χ2n) is 15.5. The summed E-state index contributed by atoms with van der Waals surface area (Å²) < 4.78 is 55.9. The third-order valence-electron chi connectivity index (χ3n) is 9.56.